The molecule has 1 aromatic rings. The highest BCUT2D eigenvalue weighted by Gasteiger charge is 2.29. The summed E-state index contributed by atoms with van der Waals surface area (Å²) in [5.74, 6) is 0.820. The Balaban J connectivity index is 1.88. The van der Waals surface area contributed by atoms with E-state index in [0.717, 1.165) is 17.0 Å². The third kappa shape index (κ3) is 4.10. The van der Waals surface area contributed by atoms with Crippen LogP contribution in [0.5, 0.6) is 0 Å². The number of aromatic nitrogens is 1. The van der Waals surface area contributed by atoms with Crippen LogP contribution in [0, 0.1) is 19.8 Å². The molecule has 23 heavy (non-hydrogen) atoms. The Hall–Kier alpha value is -1.89. The largest absolute Gasteiger partial charge is 0.375 e. The van der Waals surface area contributed by atoms with Gasteiger partial charge in [-0.25, -0.2) is 0 Å². The Morgan fingerprint density at radius 2 is 2.00 bits per heavy atom. The summed E-state index contributed by atoms with van der Waals surface area (Å²) in [6.07, 6.45) is 1.39. The third-order valence-corrected chi connectivity index (χ3v) is 4.42. The van der Waals surface area contributed by atoms with Gasteiger partial charge in [-0.05, 0) is 26.7 Å². The topological polar surface area (TPSA) is 75.9 Å². The van der Waals surface area contributed by atoms with Crippen LogP contribution in [0.4, 0.5) is 0 Å². The molecule has 0 radical (unpaired) electrons. The number of rotatable bonds is 5. The van der Waals surface area contributed by atoms with E-state index in [1.165, 1.54) is 7.11 Å². The molecule has 1 fully saturated rings. The Labute approximate surface area is 136 Å². The Morgan fingerprint density at radius 3 is 2.52 bits per heavy atom. The van der Waals surface area contributed by atoms with Gasteiger partial charge in [-0.15, -0.1) is 0 Å². The molecular weight excluding hydrogens is 298 g/mol. The van der Waals surface area contributed by atoms with Gasteiger partial charge in [0.25, 0.3) is 0 Å². The van der Waals surface area contributed by atoms with Gasteiger partial charge in [0, 0.05) is 38.7 Å². The van der Waals surface area contributed by atoms with E-state index in [-0.39, 0.29) is 24.3 Å². The molecule has 0 saturated carbocycles. The maximum Gasteiger partial charge on any atom is 0.248 e. The lowest BCUT2D eigenvalue weighted by atomic mass is 9.95. The minimum Gasteiger partial charge on any atom is -0.375 e. The fourth-order valence-corrected chi connectivity index (χ4v) is 2.94. The van der Waals surface area contributed by atoms with Gasteiger partial charge in [0.05, 0.1) is 12.2 Å². The van der Waals surface area contributed by atoms with Gasteiger partial charge in [-0.3, -0.25) is 9.59 Å². The summed E-state index contributed by atoms with van der Waals surface area (Å²) in [5, 5.41) is 3.92. The molecule has 2 heterocycles. The number of piperidine rings is 1. The number of methoxy groups -OCH3 is 1. The van der Waals surface area contributed by atoms with Crippen molar-refractivity contribution < 1.29 is 18.8 Å². The molecule has 1 aliphatic rings. The predicted molar refractivity (Wildman–Crippen MR) is 83.6 cm³/mol. The number of ether oxygens (including phenoxy) is 1. The number of amides is 2. The van der Waals surface area contributed by atoms with Crippen LogP contribution in [-0.2, 0) is 20.9 Å². The Morgan fingerprint density at radius 1 is 1.35 bits per heavy atom. The Kier molecular flexibility index (Phi) is 5.76. The number of hydrogen-bond donors (Lipinski definition) is 0. The van der Waals surface area contributed by atoms with Crippen molar-refractivity contribution in [3.05, 3.63) is 17.0 Å². The average molecular weight is 323 g/mol. The zero-order chi connectivity index (χ0) is 17.0. The molecule has 1 aliphatic heterocycles. The number of likely N-dealkylation sites (tertiary alicyclic amines) is 1. The van der Waals surface area contributed by atoms with E-state index in [2.05, 4.69) is 5.16 Å². The predicted octanol–water partition coefficient (Wildman–Crippen LogP) is 1.13. The number of carbonyl (C=O) groups is 2. The SMILES string of the molecule is COCC(=O)N1CCC(C(=O)N(C)Cc2c(C)noc2C)CC1. The van der Waals surface area contributed by atoms with Gasteiger partial charge < -0.3 is 19.1 Å². The van der Waals surface area contributed by atoms with E-state index < -0.39 is 0 Å². The van der Waals surface area contributed by atoms with Crippen LogP contribution in [-0.4, -0.2) is 60.6 Å². The van der Waals surface area contributed by atoms with Gasteiger partial charge in [-0.2, -0.15) is 0 Å². The first-order valence-electron chi connectivity index (χ1n) is 7.87. The standard InChI is InChI=1S/C16H25N3O4/c1-11-14(12(2)23-17-11)9-18(3)16(21)13-5-7-19(8-6-13)15(20)10-22-4/h13H,5-10H2,1-4H3. The number of nitrogens with zero attached hydrogens (tertiary/aromatic N) is 3. The number of hydrogen-bond acceptors (Lipinski definition) is 5. The van der Waals surface area contributed by atoms with Crippen molar-refractivity contribution in [1.82, 2.24) is 15.0 Å². The summed E-state index contributed by atoms with van der Waals surface area (Å²) in [6.45, 7) is 5.56. The monoisotopic (exact) mass is 323 g/mol. The summed E-state index contributed by atoms with van der Waals surface area (Å²) in [5.41, 5.74) is 1.79. The molecule has 0 spiro atoms. The molecule has 2 rings (SSSR count). The van der Waals surface area contributed by atoms with Crippen LogP contribution in [0.2, 0.25) is 0 Å². The van der Waals surface area contributed by atoms with Crippen LogP contribution in [0.25, 0.3) is 0 Å². The molecular formula is C16H25N3O4. The van der Waals surface area contributed by atoms with Gasteiger partial charge in [-0.1, -0.05) is 5.16 Å². The van der Waals surface area contributed by atoms with E-state index in [4.69, 9.17) is 9.26 Å². The van der Waals surface area contributed by atoms with Gasteiger partial charge in [0.1, 0.15) is 12.4 Å². The van der Waals surface area contributed by atoms with E-state index in [9.17, 15) is 9.59 Å². The van der Waals surface area contributed by atoms with Crippen molar-refractivity contribution in [1.29, 1.82) is 0 Å². The molecule has 1 aromatic heterocycles. The molecule has 1 saturated heterocycles. The lowest BCUT2D eigenvalue weighted by Gasteiger charge is -2.33. The van der Waals surface area contributed by atoms with Crippen LogP contribution in [0.15, 0.2) is 4.52 Å². The smallest absolute Gasteiger partial charge is 0.248 e. The van der Waals surface area contributed by atoms with Crippen LogP contribution >= 0.6 is 0 Å². The second-order valence-corrected chi connectivity index (χ2v) is 6.09. The normalized spacial score (nSPS) is 15.7. The average Bonchev–Trinajstić information content (AvgIpc) is 2.86. The van der Waals surface area contributed by atoms with Crippen molar-refractivity contribution in [3.8, 4) is 0 Å². The molecule has 0 unspecified atom stereocenters. The number of carbonyl (C=O) groups excluding carboxylic acids is 2. The molecule has 2 amide bonds. The van der Waals surface area contributed by atoms with Gasteiger partial charge >= 0.3 is 0 Å². The second-order valence-electron chi connectivity index (χ2n) is 6.09. The van der Waals surface area contributed by atoms with E-state index in [0.29, 0.717) is 32.5 Å². The summed E-state index contributed by atoms with van der Waals surface area (Å²) in [6, 6.07) is 0. The summed E-state index contributed by atoms with van der Waals surface area (Å²) < 4.78 is 10.0. The minimum atomic E-state index is -0.0351. The summed E-state index contributed by atoms with van der Waals surface area (Å²) in [4.78, 5) is 27.9. The first kappa shape index (κ1) is 17.5. The molecule has 0 bridgehead atoms. The Bertz CT molecular complexity index is 542. The number of aryl methyl sites for hydroxylation is 2. The fraction of sp³-hybridized carbons (Fsp3) is 0.688. The summed E-state index contributed by atoms with van der Waals surface area (Å²) in [7, 11) is 3.31. The lowest BCUT2D eigenvalue weighted by molar-refractivity contribution is -0.142. The van der Waals surface area contributed by atoms with Gasteiger partial charge in [0.15, 0.2) is 0 Å². The molecule has 0 N–H and O–H groups in total. The fourth-order valence-electron chi connectivity index (χ4n) is 2.94. The molecule has 0 aromatic carbocycles. The van der Waals surface area contributed by atoms with Crippen molar-refractivity contribution >= 4 is 11.8 Å². The first-order chi connectivity index (χ1) is 10.9. The van der Waals surface area contributed by atoms with E-state index in [1.807, 2.05) is 13.8 Å². The van der Waals surface area contributed by atoms with Crippen molar-refractivity contribution in [2.45, 2.75) is 33.2 Å². The van der Waals surface area contributed by atoms with Crippen molar-refractivity contribution in [3.63, 3.8) is 0 Å². The van der Waals surface area contributed by atoms with E-state index >= 15 is 0 Å². The van der Waals surface area contributed by atoms with Crippen molar-refractivity contribution in [2.24, 2.45) is 5.92 Å². The molecule has 0 aliphatic carbocycles. The first-order valence-corrected chi connectivity index (χ1v) is 7.87. The minimum absolute atomic E-state index is 0.0116. The highest BCUT2D eigenvalue weighted by Crippen LogP contribution is 2.21. The molecule has 7 nitrogen and oxygen atoms in total. The summed E-state index contributed by atoms with van der Waals surface area (Å²) >= 11 is 0. The van der Waals surface area contributed by atoms with Gasteiger partial charge in [0.2, 0.25) is 11.8 Å². The molecule has 128 valence electrons. The van der Waals surface area contributed by atoms with E-state index in [1.54, 1.807) is 16.8 Å². The molecule has 7 heteroatoms. The van der Waals surface area contributed by atoms with Crippen LogP contribution in [0.1, 0.15) is 29.9 Å². The zero-order valence-electron chi connectivity index (χ0n) is 14.3. The highest BCUT2D eigenvalue weighted by molar-refractivity contribution is 5.80. The third-order valence-electron chi connectivity index (χ3n) is 4.42. The maximum atomic E-state index is 12.6. The van der Waals surface area contributed by atoms with Crippen molar-refractivity contribution in [2.75, 3.05) is 33.9 Å². The quantitative estimate of drug-likeness (QED) is 0.812. The second kappa shape index (κ2) is 7.59. The molecule has 0 atom stereocenters. The lowest BCUT2D eigenvalue weighted by Crippen LogP contribution is -2.44. The maximum absolute atomic E-state index is 12.6. The highest BCUT2D eigenvalue weighted by atomic mass is 16.5. The van der Waals surface area contributed by atoms with Crippen LogP contribution in [0.3, 0.4) is 0 Å². The zero-order valence-corrected chi connectivity index (χ0v) is 14.3. The van der Waals surface area contributed by atoms with Crippen LogP contribution < -0.4 is 0 Å².